The van der Waals surface area contributed by atoms with E-state index >= 15 is 0 Å². The maximum atomic E-state index is 10.8. The van der Waals surface area contributed by atoms with Crippen molar-refractivity contribution in [3.63, 3.8) is 0 Å². The Balaban J connectivity index is 2.45. The van der Waals surface area contributed by atoms with Crippen molar-refractivity contribution in [3.05, 3.63) is 29.3 Å². The number of nitrogens with one attached hydrogen (secondary N) is 1. The maximum Gasteiger partial charge on any atom is 0.320 e. The van der Waals surface area contributed by atoms with E-state index in [2.05, 4.69) is 5.32 Å². The van der Waals surface area contributed by atoms with Gasteiger partial charge in [-0.3, -0.25) is 4.79 Å². The number of carboxylic acid groups (broad SMARTS) is 1. The van der Waals surface area contributed by atoms with Crippen LogP contribution in [0.5, 0.6) is 5.75 Å². The molecule has 0 saturated carbocycles. The first-order chi connectivity index (χ1) is 8.04. The smallest absolute Gasteiger partial charge is 0.320 e. The highest BCUT2D eigenvalue weighted by Crippen LogP contribution is 2.16. The van der Waals surface area contributed by atoms with Crippen LogP contribution in [-0.2, 0) is 4.79 Å². The lowest BCUT2D eigenvalue weighted by Crippen LogP contribution is -2.35. The minimum Gasteiger partial charge on any atom is -0.494 e. The number of carboxylic acids is 1. The van der Waals surface area contributed by atoms with Crippen LogP contribution in [0.1, 0.15) is 17.5 Å². The summed E-state index contributed by atoms with van der Waals surface area (Å²) in [6, 6.07) is 5.31. The molecule has 1 aromatic rings. The van der Waals surface area contributed by atoms with Crippen molar-refractivity contribution in [2.75, 3.05) is 13.7 Å². The van der Waals surface area contributed by atoms with Gasteiger partial charge in [-0.1, -0.05) is 6.07 Å². The van der Waals surface area contributed by atoms with Gasteiger partial charge in [-0.05, 0) is 44.2 Å². The van der Waals surface area contributed by atoms with E-state index in [-0.39, 0.29) is 0 Å². The van der Waals surface area contributed by atoms with Crippen LogP contribution in [0.25, 0.3) is 0 Å². The fourth-order valence-corrected chi connectivity index (χ4v) is 1.49. The molecule has 0 fully saturated rings. The zero-order valence-electron chi connectivity index (χ0n) is 10.5. The Kier molecular flexibility index (Phi) is 4.97. The first kappa shape index (κ1) is 13.5. The van der Waals surface area contributed by atoms with E-state index in [1.165, 1.54) is 11.1 Å². The molecule has 4 heteroatoms. The average Bonchev–Trinajstić information content (AvgIpc) is 2.28. The molecule has 0 aromatic heterocycles. The Labute approximate surface area is 102 Å². The van der Waals surface area contributed by atoms with Crippen LogP contribution in [0.2, 0.25) is 0 Å². The maximum absolute atomic E-state index is 10.8. The second-order valence-corrected chi connectivity index (χ2v) is 4.06. The third-order valence-corrected chi connectivity index (χ3v) is 2.80. The van der Waals surface area contributed by atoms with E-state index in [1.54, 1.807) is 7.05 Å². The van der Waals surface area contributed by atoms with Gasteiger partial charge in [0.15, 0.2) is 0 Å². The van der Waals surface area contributed by atoms with E-state index in [4.69, 9.17) is 9.84 Å². The third-order valence-electron chi connectivity index (χ3n) is 2.80. The summed E-state index contributed by atoms with van der Waals surface area (Å²) in [6.45, 7) is 4.46. The molecule has 17 heavy (non-hydrogen) atoms. The molecule has 4 nitrogen and oxygen atoms in total. The Morgan fingerprint density at radius 1 is 1.41 bits per heavy atom. The van der Waals surface area contributed by atoms with Gasteiger partial charge in [-0.15, -0.1) is 0 Å². The minimum absolute atomic E-state index is 0.389. The molecular weight excluding hydrogens is 218 g/mol. The first-order valence-electron chi connectivity index (χ1n) is 5.64. The number of hydrogen-bond acceptors (Lipinski definition) is 3. The predicted octanol–water partition coefficient (Wildman–Crippen LogP) is 1.74. The van der Waals surface area contributed by atoms with Crippen molar-refractivity contribution in [3.8, 4) is 5.75 Å². The van der Waals surface area contributed by atoms with Gasteiger partial charge >= 0.3 is 5.97 Å². The molecular formula is C13H19NO3. The van der Waals surface area contributed by atoms with Crippen molar-refractivity contribution in [2.45, 2.75) is 26.3 Å². The monoisotopic (exact) mass is 237 g/mol. The van der Waals surface area contributed by atoms with Crippen molar-refractivity contribution < 1.29 is 14.6 Å². The number of aliphatic carboxylic acids is 1. The summed E-state index contributed by atoms with van der Waals surface area (Å²) >= 11 is 0. The van der Waals surface area contributed by atoms with Crippen LogP contribution >= 0.6 is 0 Å². The molecule has 94 valence electrons. The molecule has 0 aliphatic carbocycles. The van der Waals surface area contributed by atoms with Gasteiger partial charge < -0.3 is 15.2 Å². The lowest BCUT2D eigenvalue weighted by Gasteiger charge is -2.12. The highest BCUT2D eigenvalue weighted by Gasteiger charge is 2.14. The fourth-order valence-electron chi connectivity index (χ4n) is 1.49. The van der Waals surface area contributed by atoms with Gasteiger partial charge in [0, 0.05) is 6.42 Å². The molecule has 0 bridgehead atoms. The van der Waals surface area contributed by atoms with Crippen LogP contribution in [-0.4, -0.2) is 30.8 Å². The number of rotatable bonds is 6. The molecule has 0 amide bonds. The number of ether oxygens (including phenoxy) is 1. The highest BCUT2D eigenvalue weighted by molar-refractivity contribution is 5.73. The quantitative estimate of drug-likeness (QED) is 0.791. The van der Waals surface area contributed by atoms with Gasteiger partial charge in [-0.25, -0.2) is 0 Å². The number of hydrogen-bond donors (Lipinski definition) is 2. The number of carbonyl (C=O) groups is 1. The molecule has 1 unspecified atom stereocenters. The molecule has 2 N–H and O–H groups in total. The molecule has 0 aliphatic rings. The molecule has 0 radical (unpaired) electrons. The minimum atomic E-state index is -0.851. The topological polar surface area (TPSA) is 58.6 Å². The molecule has 0 heterocycles. The van der Waals surface area contributed by atoms with Crippen molar-refractivity contribution in [2.24, 2.45) is 0 Å². The standard InChI is InChI=1S/C13H19NO3/c1-9-4-5-11(8-10(9)2)17-7-6-12(14-3)13(15)16/h4-5,8,12,14H,6-7H2,1-3H3,(H,15,16). The summed E-state index contributed by atoms with van der Waals surface area (Å²) in [7, 11) is 1.63. The summed E-state index contributed by atoms with van der Waals surface area (Å²) < 4.78 is 5.52. The fraction of sp³-hybridized carbons (Fsp3) is 0.462. The largest absolute Gasteiger partial charge is 0.494 e. The van der Waals surface area contributed by atoms with Crippen LogP contribution < -0.4 is 10.1 Å². The zero-order chi connectivity index (χ0) is 12.8. The van der Waals surface area contributed by atoms with Gasteiger partial charge in [0.25, 0.3) is 0 Å². The van der Waals surface area contributed by atoms with E-state index in [0.29, 0.717) is 13.0 Å². The molecule has 0 aliphatic heterocycles. The van der Waals surface area contributed by atoms with E-state index in [1.807, 2.05) is 32.0 Å². The Bertz CT molecular complexity index is 390. The van der Waals surface area contributed by atoms with Crippen molar-refractivity contribution in [1.29, 1.82) is 0 Å². The molecule has 0 saturated heterocycles. The summed E-state index contributed by atoms with van der Waals surface area (Å²) in [5, 5.41) is 11.6. The summed E-state index contributed by atoms with van der Waals surface area (Å²) in [4.78, 5) is 10.8. The molecule has 1 atom stereocenters. The highest BCUT2D eigenvalue weighted by atomic mass is 16.5. The Morgan fingerprint density at radius 2 is 2.12 bits per heavy atom. The van der Waals surface area contributed by atoms with Crippen LogP contribution in [0.3, 0.4) is 0 Å². The summed E-state index contributed by atoms with van der Waals surface area (Å²) in [5.74, 6) is -0.0653. The van der Waals surface area contributed by atoms with Crippen LogP contribution in [0.15, 0.2) is 18.2 Å². The Morgan fingerprint density at radius 3 is 2.65 bits per heavy atom. The van der Waals surface area contributed by atoms with E-state index in [9.17, 15) is 4.79 Å². The van der Waals surface area contributed by atoms with Gasteiger partial charge in [-0.2, -0.15) is 0 Å². The van der Waals surface area contributed by atoms with E-state index < -0.39 is 12.0 Å². The molecule has 1 rings (SSSR count). The number of likely N-dealkylation sites (N-methyl/N-ethyl adjacent to an activating group) is 1. The van der Waals surface area contributed by atoms with Crippen LogP contribution in [0, 0.1) is 13.8 Å². The summed E-state index contributed by atoms with van der Waals surface area (Å²) in [5.41, 5.74) is 2.39. The second kappa shape index (κ2) is 6.25. The normalized spacial score (nSPS) is 12.2. The van der Waals surface area contributed by atoms with Gasteiger partial charge in [0.2, 0.25) is 0 Å². The van der Waals surface area contributed by atoms with Crippen molar-refractivity contribution in [1.82, 2.24) is 5.32 Å². The SMILES string of the molecule is CNC(CCOc1ccc(C)c(C)c1)C(=O)O. The molecule has 0 spiro atoms. The number of aryl methyl sites for hydroxylation is 2. The lowest BCUT2D eigenvalue weighted by molar-refractivity contribution is -0.139. The number of benzene rings is 1. The van der Waals surface area contributed by atoms with Gasteiger partial charge in [0.05, 0.1) is 6.61 Å². The van der Waals surface area contributed by atoms with E-state index in [0.717, 1.165) is 5.75 Å². The average molecular weight is 237 g/mol. The van der Waals surface area contributed by atoms with Gasteiger partial charge in [0.1, 0.15) is 11.8 Å². The molecule has 1 aromatic carbocycles. The summed E-state index contributed by atoms with van der Waals surface area (Å²) in [6.07, 6.45) is 0.443. The lowest BCUT2D eigenvalue weighted by atomic mass is 10.1. The van der Waals surface area contributed by atoms with Crippen LogP contribution in [0.4, 0.5) is 0 Å². The van der Waals surface area contributed by atoms with Crippen molar-refractivity contribution >= 4 is 5.97 Å². The predicted molar refractivity (Wildman–Crippen MR) is 66.5 cm³/mol. The zero-order valence-corrected chi connectivity index (χ0v) is 10.5. The third kappa shape index (κ3) is 4.07. The second-order valence-electron chi connectivity index (χ2n) is 4.06. The Hall–Kier alpha value is -1.55. The first-order valence-corrected chi connectivity index (χ1v) is 5.64.